The van der Waals surface area contributed by atoms with Crippen molar-refractivity contribution in [2.24, 2.45) is 5.10 Å². The molecular formula is C22H17Br2ClN2O2S. The third-order valence-electron chi connectivity index (χ3n) is 3.83. The van der Waals surface area contributed by atoms with Crippen LogP contribution in [0.15, 0.2) is 85.7 Å². The molecule has 1 amide bonds. The fourth-order valence-electron chi connectivity index (χ4n) is 2.41. The van der Waals surface area contributed by atoms with E-state index in [0.29, 0.717) is 17.4 Å². The first kappa shape index (κ1) is 22.9. The van der Waals surface area contributed by atoms with Crippen molar-refractivity contribution in [1.82, 2.24) is 5.43 Å². The number of thioether (sulfide) groups is 1. The highest BCUT2D eigenvalue weighted by molar-refractivity contribution is 9.11. The number of carbonyl (C=O) groups is 1. The van der Waals surface area contributed by atoms with Crippen molar-refractivity contribution in [3.63, 3.8) is 0 Å². The molecule has 30 heavy (non-hydrogen) atoms. The van der Waals surface area contributed by atoms with Crippen LogP contribution in [0, 0.1) is 0 Å². The highest BCUT2D eigenvalue weighted by atomic mass is 79.9. The molecule has 8 heteroatoms. The van der Waals surface area contributed by atoms with Crippen molar-refractivity contribution in [3.05, 3.63) is 91.8 Å². The largest absolute Gasteiger partial charge is 0.487 e. The van der Waals surface area contributed by atoms with Gasteiger partial charge in [-0.15, -0.1) is 11.8 Å². The molecule has 0 saturated heterocycles. The molecule has 3 aromatic rings. The van der Waals surface area contributed by atoms with Gasteiger partial charge in [0.05, 0.1) is 20.9 Å². The van der Waals surface area contributed by atoms with Gasteiger partial charge in [0.25, 0.3) is 0 Å². The quantitative estimate of drug-likeness (QED) is 0.187. The zero-order chi connectivity index (χ0) is 21.3. The third kappa shape index (κ3) is 7.16. The van der Waals surface area contributed by atoms with Crippen molar-refractivity contribution < 1.29 is 9.53 Å². The summed E-state index contributed by atoms with van der Waals surface area (Å²) in [5.74, 6) is 0.782. The minimum atomic E-state index is -0.188. The maximum atomic E-state index is 12.0. The SMILES string of the molecule is O=C(CSc1ccc(Cl)cc1)N/N=C\c1cc(Br)c(OCc2ccccc2)c(Br)c1. The van der Waals surface area contributed by atoms with Crippen molar-refractivity contribution in [1.29, 1.82) is 0 Å². The van der Waals surface area contributed by atoms with Crippen LogP contribution in [0.2, 0.25) is 5.02 Å². The van der Waals surface area contributed by atoms with E-state index in [1.165, 1.54) is 11.8 Å². The molecule has 0 aliphatic rings. The zero-order valence-corrected chi connectivity index (χ0v) is 20.4. The van der Waals surface area contributed by atoms with E-state index >= 15 is 0 Å². The number of benzene rings is 3. The van der Waals surface area contributed by atoms with Gasteiger partial charge in [-0.2, -0.15) is 5.10 Å². The molecule has 4 nitrogen and oxygen atoms in total. The second kappa shape index (κ2) is 11.6. The molecule has 0 radical (unpaired) electrons. The van der Waals surface area contributed by atoms with Gasteiger partial charge in [0, 0.05) is 9.92 Å². The van der Waals surface area contributed by atoms with Gasteiger partial charge in [0.2, 0.25) is 5.91 Å². The number of hydrogen-bond acceptors (Lipinski definition) is 4. The lowest BCUT2D eigenvalue weighted by Gasteiger charge is -2.11. The van der Waals surface area contributed by atoms with Crippen LogP contribution in [-0.2, 0) is 11.4 Å². The molecule has 0 aliphatic carbocycles. The summed E-state index contributed by atoms with van der Waals surface area (Å²) in [7, 11) is 0. The zero-order valence-electron chi connectivity index (χ0n) is 15.6. The van der Waals surface area contributed by atoms with E-state index in [1.54, 1.807) is 18.3 Å². The van der Waals surface area contributed by atoms with E-state index in [4.69, 9.17) is 16.3 Å². The molecule has 0 atom stereocenters. The van der Waals surface area contributed by atoms with Gasteiger partial charge in [0.1, 0.15) is 12.4 Å². The lowest BCUT2D eigenvalue weighted by atomic mass is 10.2. The van der Waals surface area contributed by atoms with E-state index in [9.17, 15) is 4.79 Å². The Bertz CT molecular complexity index is 1010. The fraction of sp³-hybridized carbons (Fsp3) is 0.0909. The smallest absolute Gasteiger partial charge is 0.250 e. The molecule has 0 aromatic heterocycles. The minimum absolute atomic E-state index is 0.188. The summed E-state index contributed by atoms with van der Waals surface area (Å²) in [5.41, 5.74) is 4.43. The number of rotatable bonds is 8. The molecule has 0 spiro atoms. The maximum absolute atomic E-state index is 12.0. The molecule has 1 N–H and O–H groups in total. The van der Waals surface area contributed by atoms with Gasteiger partial charge in [-0.05, 0) is 79.4 Å². The number of ether oxygens (including phenoxy) is 1. The Morgan fingerprint density at radius 2 is 1.73 bits per heavy atom. The number of hydrazone groups is 1. The molecule has 0 aliphatic heterocycles. The predicted molar refractivity (Wildman–Crippen MR) is 131 cm³/mol. The van der Waals surface area contributed by atoms with Crippen LogP contribution in [0.4, 0.5) is 0 Å². The van der Waals surface area contributed by atoms with Gasteiger partial charge < -0.3 is 4.74 Å². The van der Waals surface area contributed by atoms with E-state index in [-0.39, 0.29) is 11.7 Å². The maximum Gasteiger partial charge on any atom is 0.250 e. The molecule has 3 aromatic carbocycles. The molecular weight excluding hydrogens is 552 g/mol. The topological polar surface area (TPSA) is 50.7 Å². The molecule has 3 rings (SSSR count). The Balaban J connectivity index is 1.52. The second-order valence-corrected chi connectivity index (χ2v) is 9.32. The number of amides is 1. The summed E-state index contributed by atoms with van der Waals surface area (Å²) in [5, 5.41) is 4.70. The molecule has 0 heterocycles. The summed E-state index contributed by atoms with van der Waals surface area (Å²) in [4.78, 5) is 12.9. The second-order valence-electron chi connectivity index (χ2n) is 6.12. The molecule has 0 fully saturated rings. The fourth-order valence-corrected chi connectivity index (χ4v) is 4.68. The van der Waals surface area contributed by atoms with Gasteiger partial charge >= 0.3 is 0 Å². The van der Waals surface area contributed by atoms with Crippen LogP contribution < -0.4 is 10.2 Å². The summed E-state index contributed by atoms with van der Waals surface area (Å²) in [6, 6.07) is 21.0. The Morgan fingerprint density at radius 1 is 1.07 bits per heavy atom. The monoisotopic (exact) mass is 566 g/mol. The molecule has 0 saturated carbocycles. The van der Waals surface area contributed by atoms with Gasteiger partial charge in [-0.3, -0.25) is 4.79 Å². The summed E-state index contributed by atoms with van der Waals surface area (Å²) in [6.45, 7) is 0.465. The Kier molecular flexibility index (Phi) is 8.81. The van der Waals surface area contributed by atoms with E-state index in [2.05, 4.69) is 42.4 Å². The van der Waals surface area contributed by atoms with Crippen LogP contribution in [0.5, 0.6) is 5.75 Å². The van der Waals surface area contributed by atoms with Crippen molar-refractivity contribution in [3.8, 4) is 5.75 Å². The summed E-state index contributed by atoms with van der Waals surface area (Å²) >= 11 is 14.3. The number of halogens is 3. The average Bonchev–Trinajstić information content (AvgIpc) is 2.73. The Labute approximate surface area is 201 Å². The van der Waals surface area contributed by atoms with Crippen molar-refractivity contribution >= 4 is 67.3 Å². The normalized spacial score (nSPS) is 10.9. The molecule has 0 bridgehead atoms. The number of carbonyl (C=O) groups excluding carboxylic acids is 1. The van der Waals surface area contributed by atoms with E-state index < -0.39 is 0 Å². The highest BCUT2D eigenvalue weighted by Crippen LogP contribution is 2.35. The van der Waals surface area contributed by atoms with Crippen LogP contribution in [0.1, 0.15) is 11.1 Å². The first-order chi connectivity index (χ1) is 14.5. The third-order valence-corrected chi connectivity index (χ3v) is 6.28. The number of hydrogen-bond donors (Lipinski definition) is 1. The van der Waals surface area contributed by atoms with E-state index in [0.717, 1.165) is 25.0 Å². The lowest BCUT2D eigenvalue weighted by molar-refractivity contribution is -0.118. The van der Waals surface area contributed by atoms with Gasteiger partial charge in [-0.1, -0.05) is 41.9 Å². The van der Waals surface area contributed by atoms with Crippen LogP contribution in [0.25, 0.3) is 0 Å². The van der Waals surface area contributed by atoms with Crippen LogP contribution >= 0.6 is 55.2 Å². The minimum Gasteiger partial charge on any atom is -0.487 e. The van der Waals surface area contributed by atoms with Crippen molar-refractivity contribution in [2.45, 2.75) is 11.5 Å². The molecule has 154 valence electrons. The highest BCUT2D eigenvalue weighted by Gasteiger charge is 2.09. The summed E-state index contributed by atoms with van der Waals surface area (Å²) in [6.07, 6.45) is 1.58. The first-order valence-corrected chi connectivity index (χ1v) is 11.8. The summed E-state index contributed by atoms with van der Waals surface area (Å²) < 4.78 is 7.49. The van der Waals surface area contributed by atoms with Crippen LogP contribution in [-0.4, -0.2) is 17.9 Å². The average molecular weight is 569 g/mol. The molecule has 0 unspecified atom stereocenters. The number of nitrogens with zero attached hydrogens (tertiary/aromatic N) is 1. The standard InChI is InChI=1S/C22H17Br2ClN2O2S/c23-19-10-16(11-20(24)22(19)29-13-15-4-2-1-3-5-15)12-26-27-21(28)14-30-18-8-6-17(25)7-9-18/h1-12H,13-14H2,(H,27,28)/b26-12-. The Hall–Kier alpha value is -1.80. The lowest BCUT2D eigenvalue weighted by Crippen LogP contribution is -2.19. The van der Waals surface area contributed by atoms with Gasteiger partial charge in [-0.25, -0.2) is 5.43 Å². The predicted octanol–water partition coefficient (Wildman–Crippen LogP) is 6.69. The van der Waals surface area contributed by atoms with E-state index in [1.807, 2.05) is 54.6 Å². The first-order valence-electron chi connectivity index (χ1n) is 8.87. The van der Waals surface area contributed by atoms with Crippen molar-refractivity contribution in [2.75, 3.05) is 5.75 Å². The van der Waals surface area contributed by atoms with Gasteiger partial charge in [0.15, 0.2) is 0 Å². The number of nitrogens with one attached hydrogen (secondary N) is 1. The Morgan fingerprint density at radius 3 is 2.40 bits per heavy atom. The van der Waals surface area contributed by atoms with Crippen LogP contribution in [0.3, 0.4) is 0 Å².